The number of rotatable bonds is 3. The molecule has 110 valence electrons. The van der Waals surface area contributed by atoms with Crippen molar-refractivity contribution in [1.82, 2.24) is 4.98 Å². The molecular weight excluding hydrogens is 302 g/mol. The van der Waals surface area contributed by atoms with E-state index in [2.05, 4.69) is 10.3 Å². The molecule has 1 N–H and O–H groups in total. The number of nitro benzene ring substituents is 1. The van der Waals surface area contributed by atoms with E-state index in [1.165, 1.54) is 23.5 Å². The van der Waals surface area contributed by atoms with Crippen LogP contribution in [0.1, 0.15) is 15.9 Å². The first-order chi connectivity index (χ1) is 10.5. The fourth-order valence-electron chi connectivity index (χ4n) is 2.08. The molecule has 0 atom stereocenters. The number of carbonyl (C=O) groups excluding carboxylic acids is 1. The van der Waals surface area contributed by atoms with Crippen molar-refractivity contribution >= 4 is 38.3 Å². The van der Waals surface area contributed by atoms with Gasteiger partial charge in [0.05, 0.1) is 15.1 Å². The van der Waals surface area contributed by atoms with E-state index in [0.29, 0.717) is 5.13 Å². The number of aromatic nitrogens is 1. The van der Waals surface area contributed by atoms with E-state index in [1.807, 2.05) is 24.3 Å². The summed E-state index contributed by atoms with van der Waals surface area (Å²) in [5, 5.41) is 14.1. The number of nitro groups is 1. The molecule has 0 spiro atoms. The summed E-state index contributed by atoms with van der Waals surface area (Å²) in [7, 11) is 0. The summed E-state index contributed by atoms with van der Waals surface area (Å²) in [6.45, 7) is 1.78. The standard InChI is InChI=1S/C15H11N3O3S/c1-9-6-7-12(18(20)21)10(8-9)14(19)17-15-16-11-4-2-3-5-13(11)22-15/h2-8H,1H3,(H,16,17,19). The number of fused-ring (bicyclic) bond motifs is 1. The number of nitrogens with zero attached hydrogens (tertiary/aromatic N) is 2. The number of amides is 1. The number of hydrogen-bond donors (Lipinski definition) is 1. The monoisotopic (exact) mass is 313 g/mol. The van der Waals surface area contributed by atoms with E-state index < -0.39 is 10.8 Å². The van der Waals surface area contributed by atoms with Gasteiger partial charge in [0.1, 0.15) is 5.56 Å². The van der Waals surface area contributed by atoms with Gasteiger partial charge in [-0.2, -0.15) is 0 Å². The number of para-hydroxylation sites is 1. The molecule has 3 aromatic rings. The van der Waals surface area contributed by atoms with Crippen LogP contribution in [-0.2, 0) is 0 Å². The topological polar surface area (TPSA) is 85.1 Å². The largest absolute Gasteiger partial charge is 0.298 e. The van der Waals surface area contributed by atoms with Crippen LogP contribution in [0.5, 0.6) is 0 Å². The van der Waals surface area contributed by atoms with Gasteiger partial charge < -0.3 is 0 Å². The third-order valence-corrected chi connectivity index (χ3v) is 4.06. The number of hydrogen-bond acceptors (Lipinski definition) is 5. The van der Waals surface area contributed by atoms with Crippen molar-refractivity contribution in [2.75, 3.05) is 5.32 Å². The summed E-state index contributed by atoms with van der Waals surface area (Å²) in [6.07, 6.45) is 0. The SMILES string of the molecule is Cc1ccc([N+](=O)[O-])c(C(=O)Nc2nc3ccccc3s2)c1. The summed E-state index contributed by atoms with van der Waals surface area (Å²) in [6, 6.07) is 11.9. The average molecular weight is 313 g/mol. The quantitative estimate of drug-likeness (QED) is 0.589. The summed E-state index contributed by atoms with van der Waals surface area (Å²) >= 11 is 1.33. The zero-order valence-corrected chi connectivity index (χ0v) is 12.4. The van der Waals surface area contributed by atoms with Crippen LogP contribution in [0.2, 0.25) is 0 Å². The zero-order valence-electron chi connectivity index (χ0n) is 11.6. The van der Waals surface area contributed by atoms with E-state index in [4.69, 9.17) is 0 Å². The molecule has 7 heteroatoms. The third kappa shape index (κ3) is 2.66. The Morgan fingerprint density at radius 3 is 2.77 bits per heavy atom. The Kier molecular flexibility index (Phi) is 3.56. The highest BCUT2D eigenvalue weighted by Gasteiger charge is 2.21. The minimum Gasteiger partial charge on any atom is -0.298 e. The van der Waals surface area contributed by atoms with Crippen LogP contribution in [0.4, 0.5) is 10.8 Å². The number of anilines is 1. The van der Waals surface area contributed by atoms with E-state index in [9.17, 15) is 14.9 Å². The maximum atomic E-state index is 12.3. The van der Waals surface area contributed by atoms with Gasteiger partial charge in [0, 0.05) is 6.07 Å². The van der Waals surface area contributed by atoms with E-state index in [0.717, 1.165) is 15.8 Å². The molecule has 1 heterocycles. The van der Waals surface area contributed by atoms with E-state index in [1.54, 1.807) is 13.0 Å². The molecule has 0 unspecified atom stereocenters. The molecule has 0 saturated heterocycles. The van der Waals surface area contributed by atoms with Crippen molar-refractivity contribution < 1.29 is 9.72 Å². The molecule has 22 heavy (non-hydrogen) atoms. The molecular formula is C15H11N3O3S. The molecule has 2 aromatic carbocycles. The normalized spacial score (nSPS) is 10.6. The molecule has 0 aliphatic heterocycles. The Hall–Kier alpha value is -2.80. The Labute approximate surface area is 129 Å². The second kappa shape index (κ2) is 5.53. The van der Waals surface area contributed by atoms with Crippen molar-refractivity contribution in [3.63, 3.8) is 0 Å². The number of nitrogens with one attached hydrogen (secondary N) is 1. The molecule has 1 aromatic heterocycles. The molecule has 0 bridgehead atoms. The van der Waals surface area contributed by atoms with Gasteiger partial charge in [-0.3, -0.25) is 20.2 Å². The highest BCUT2D eigenvalue weighted by molar-refractivity contribution is 7.22. The second-order valence-electron chi connectivity index (χ2n) is 4.72. The number of aryl methyl sites for hydroxylation is 1. The lowest BCUT2D eigenvalue weighted by Gasteiger charge is -2.04. The first-order valence-corrected chi connectivity index (χ1v) is 7.28. The van der Waals surface area contributed by atoms with Gasteiger partial charge in [-0.05, 0) is 30.7 Å². The van der Waals surface area contributed by atoms with Crippen LogP contribution >= 0.6 is 11.3 Å². The predicted octanol–water partition coefficient (Wildman–Crippen LogP) is 3.77. The van der Waals surface area contributed by atoms with Crippen molar-refractivity contribution in [2.24, 2.45) is 0 Å². The average Bonchev–Trinajstić information content (AvgIpc) is 2.88. The second-order valence-corrected chi connectivity index (χ2v) is 5.75. The zero-order chi connectivity index (χ0) is 15.7. The summed E-state index contributed by atoms with van der Waals surface area (Å²) < 4.78 is 0.941. The first-order valence-electron chi connectivity index (χ1n) is 6.46. The van der Waals surface area contributed by atoms with Crippen molar-refractivity contribution in [1.29, 1.82) is 0 Å². The van der Waals surface area contributed by atoms with Crippen LogP contribution in [0.15, 0.2) is 42.5 Å². The maximum absolute atomic E-state index is 12.3. The van der Waals surface area contributed by atoms with Gasteiger partial charge in [-0.1, -0.05) is 29.5 Å². The Morgan fingerprint density at radius 1 is 1.27 bits per heavy atom. The Morgan fingerprint density at radius 2 is 2.05 bits per heavy atom. The lowest BCUT2D eigenvalue weighted by molar-refractivity contribution is -0.385. The Bertz CT molecular complexity index is 856. The number of thiazole rings is 1. The van der Waals surface area contributed by atoms with Gasteiger partial charge in [0.25, 0.3) is 11.6 Å². The highest BCUT2D eigenvalue weighted by Crippen LogP contribution is 2.27. The van der Waals surface area contributed by atoms with Crippen LogP contribution in [0.3, 0.4) is 0 Å². The number of benzene rings is 2. The fourth-order valence-corrected chi connectivity index (χ4v) is 2.94. The molecule has 0 aliphatic rings. The van der Waals surface area contributed by atoms with Crippen molar-refractivity contribution in [3.05, 3.63) is 63.7 Å². The van der Waals surface area contributed by atoms with Gasteiger partial charge in [-0.25, -0.2) is 4.98 Å². The lowest BCUT2D eigenvalue weighted by Crippen LogP contribution is -2.14. The van der Waals surface area contributed by atoms with Gasteiger partial charge >= 0.3 is 0 Å². The molecule has 0 fully saturated rings. The molecule has 3 rings (SSSR count). The van der Waals surface area contributed by atoms with Crippen LogP contribution in [0, 0.1) is 17.0 Å². The smallest absolute Gasteiger partial charge is 0.282 e. The molecule has 6 nitrogen and oxygen atoms in total. The van der Waals surface area contributed by atoms with Gasteiger partial charge in [-0.15, -0.1) is 0 Å². The summed E-state index contributed by atoms with van der Waals surface area (Å²) in [4.78, 5) is 27.1. The fraction of sp³-hybridized carbons (Fsp3) is 0.0667. The van der Waals surface area contributed by atoms with Crippen molar-refractivity contribution in [3.8, 4) is 0 Å². The van der Waals surface area contributed by atoms with Crippen LogP contribution < -0.4 is 5.32 Å². The minimum absolute atomic E-state index is 0.0317. The molecule has 0 radical (unpaired) electrons. The number of carbonyl (C=O) groups is 1. The van der Waals surface area contributed by atoms with Gasteiger partial charge in [0.15, 0.2) is 5.13 Å². The first kappa shape index (κ1) is 14.2. The van der Waals surface area contributed by atoms with Gasteiger partial charge in [0.2, 0.25) is 0 Å². The minimum atomic E-state index is -0.563. The van der Waals surface area contributed by atoms with Crippen LogP contribution in [-0.4, -0.2) is 15.8 Å². The molecule has 1 amide bonds. The van der Waals surface area contributed by atoms with E-state index in [-0.39, 0.29) is 11.3 Å². The Balaban J connectivity index is 1.94. The molecule has 0 saturated carbocycles. The van der Waals surface area contributed by atoms with E-state index >= 15 is 0 Å². The predicted molar refractivity (Wildman–Crippen MR) is 85.4 cm³/mol. The highest BCUT2D eigenvalue weighted by atomic mass is 32.1. The lowest BCUT2D eigenvalue weighted by atomic mass is 10.1. The summed E-state index contributed by atoms with van der Waals surface area (Å²) in [5.74, 6) is -0.533. The van der Waals surface area contributed by atoms with Crippen molar-refractivity contribution in [2.45, 2.75) is 6.92 Å². The summed E-state index contributed by atoms with van der Waals surface area (Å²) in [5.41, 5.74) is 1.37. The maximum Gasteiger partial charge on any atom is 0.282 e. The van der Waals surface area contributed by atoms with Crippen LogP contribution in [0.25, 0.3) is 10.2 Å². The third-order valence-electron chi connectivity index (χ3n) is 3.11. The molecule has 0 aliphatic carbocycles.